The van der Waals surface area contributed by atoms with Gasteiger partial charge in [-0.3, -0.25) is 19.2 Å². The monoisotopic (exact) mass is 736 g/mol. The van der Waals surface area contributed by atoms with Gasteiger partial charge in [-0.1, -0.05) is 78.4 Å². The Morgan fingerprint density at radius 2 is 1.56 bits per heavy atom. The second-order valence-electron chi connectivity index (χ2n) is 14.1. The maximum absolute atomic E-state index is 14.9. The molecule has 9 N–H and O–H groups in total. The first-order valence-corrected chi connectivity index (χ1v) is 18.6. The van der Waals surface area contributed by atoms with E-state index < -0.39 is 47.3 Å². The normalized spacial score (nSPS) is 17.3. The lowest BCUT2D eigenvalue weighted by molar-refractivity contribution is -0.159. The van der Waals surface area contributed by atoms with Gasteiger partial charge < -0.3 is 42.6 Å². The van der Waals surface area contributed by atoms with Crippen molar-refractivity contribution in [3.05, 3.63) is 107 Å². The number of fused-ring (bicyclic) bond motifs is 1. The summed E-state index contributed by atoms with van der Waals surface area (Å²) in [6.45, 7) is 2.62. The molecular formula is C41H52N8O5. The van der Waals surface area contributed by atoms with Gasteiger partial charge in [0.25, 0.3) is 0 Å². The summed E-state index contributed by atoms with van der Waals surface area (Å²) in [6, 6.07) is 22.5. The molecule has 0 spiro atoms. The van der Waals surface area contributed by atoms with Crippen molar-refractivity contribution < 1.29 is 24.0 Å². The number of nitrogens with two attached hydrogens (primary N) is 2. The second kappa shape index (κ2) is 18.4. The van der Waals surface area contributed by atoms with Gasteiger partial charge in [-0.2, -0.15) is 0 Å². The van der Waals surface area contributed by atoms with Crippen LogP contribution in [0.15, 0.2) is 85.1 Å². The molecule has 6 amide bonds. The van der Waals surface area contributed by atoms with Crippen LogP contribution >= 0.6 is 0 Å². The summed E-state index contributed by atoms with van der Waals surface area (Å²) >= 11 is 0. The Morgan fingerprint density at radius 1 is 0.833 bits per heavy atom. The molecule has 0 saturated carbocycles. The number of rotatable bonds is 17. The standard InChI is InChI=1S/C41H52N8O5/c1-27-16-18-29(19-17-27)25-47-37(51)34(15-10-21-45-40(43)54)48-36(50)32(24-30-26-46-33-14-7-6-13-31(30)33)41(39(42)53)20-8-9-22-49(41)38(52)35(44-2)23-28-11-4-3-5-12-28/h3-7,11-14,16-19,26,32,34-35,44,46H,8-10,15,20-25H2,1-2H3,(H2,42,53)(H,47,51)(H,48,50)(H3,43,45,54)/t32-,34+,35+,41?/m1/s1. The number of carbonyl (C=O) groups is 5. The first-order valence-electron chi connectivity index (χ1n) is 18.6. The first-order chi connectivity index (χ1) is 26.0. The van der Waals surface area contributed by atoms with E-state index in [-0.39, 0.29) is 44.8 Å². The Morgan fingerprint density at radius 3 is 2.26 bits per heavy atom. The number of para-hydroxylation sites is 1. The number of likely N-dealkylation sites (N-methyl/N-ethyl adjacent to an activating group) is 1. The van der Waals surface area contributed by atoms with Gasteiger partial charge in [0.05, 0.1) is 12.0 Å². The fourth-order valence-corrected chi connectivity index (χ4v) is 7.52. The third kappa shape index (κ3) is 9.45. The Hall–Kier alpha value is -5.69. The minimum absolute atomic E-state index is 0.0619. The molecule has 1 aromatic heterocycles. The van der Waals surface area contributed by atoms with Crippen LogP contribution < -0.4 is 32.7 Å². The van der Waals surface area contributed by atoms with E-state index in [1.807, 2.05) is 92.0 Å². The number of aromatic nitrogens is 1. The SMILES string of the molecule is CN[C@@H](Cc1ccccc1)C(=O)N1CCCCC1(C(N)=O)[C@H](Cc1c[nH]c2ccccc12)C(=O)N[C@@H](CCCNC(N)=O)C(=O)NCc1ccc(C)cc1. The first kappa shape index (κ1) is 39.5. The number of nitrogens with zero attached hydrogens (tertiary/aromatic N) is 1. The number of nitrogens with one attached hydrogen (secondary N) is 5. The highest BCUT2D eigenvalue weighted by Gasteiger charge is 2.56. The van der Waals surface area contributed by atoms with Crippen LogP contribution in [0, 0.1) is 12.8 Å². The van der Waals surface area contributed by atoms with E-state index in [9.17, 15) is 24.0 Å². The smallest absolute Gasteiger partial charge is 0.312 e. The van der Waals surface area contributed by atoms with Crippen molar-refractivity contribution in [2.24, 2.45) is 17.4 Å². The Kier molecular flexibility index (Phi) is 13.4. The van der Waals surface area contributed by atoms with Gasteiger partial charge in [-0.05, 0) is 81.7 Å². The Bertz CT molecular complexity index is 1910. The van der Waals surface area contributed by atoms with Crippen LogP contribution in [0.5, 0.6) is 0 Å². The van der Waals surface area contributed by atoms with Crippen LogP contribution in [-0.4, -0.2) is 77.3 Å². The highest BCUT2D eigenvalue weighted by Crippen LogP contribution is 2.39. The highest BCUT2D eigenvalue weighted by molar-refractivity contribution is 5.99. The summed E-state index contributed by atoms with van der Waals surface area (Å²) < 4.78 is 0. The molecule has 4 atom stereocenters. The third-order valence-corrected chi connectivity index (χ3v) is 10.5. The van der Waals surface area contributed by atoms with Crippen molar-refractivity contribution in [1.82, 2.24) is 31.2 Å². The number of amides is 6. The lowest BCUT2D eigenvalue weighted by Crippen LogP contribution is -2.70. The minimum atomic E-state index is -1.71. The van der Waals surface area contributed by atoms with E-state index in [4.69, 9.17) is 11.5 Å². The number of primary amides is 2. The number of urea groups is 1. The van der Waals surface area contributed by atoms with Crippen molar-refractivity contribution >= 4 is 40.6 Å². The van der Waals surface area contributed by atoms with Crippen LogP contribution in [0.4, 0.5) is 4.79 Å². The third-order valence-electron chi connectivity index (χ3n) is 10.5. The molecule has 5 rings (SSSR count). The molecule has 1 aliphatic rings. The lowest BCUT2D eigenvalue weighted by Gasteiger charge is -2.50. The molecule has 1 saturated heterocycles. The van der Waals surface area contributed by atoms with Crippen LogP contribution in [-0.2, 0) is 38.6 Å². The molecule has 1 unspecified atom stereocenters. The second-order valence-corrected chi connectivity index (χ2v) is 14.1. The number of benzene rings is 3. The molecule has 0 radical (unpaired) electrons. The van der Waals surface area contributed by atoms with E-state index in [1.165, 1.54) is 4.90 Å². The molecule has 1 aliphatic heterocycles. The van der Waals surface area contributed by atoms with E-state index in [2.05, 4.69) is 26.3 Å². The minimum Gasteiger partial charge on any atom is -0.368 e. The van der Waals surface area contributed by atoms with E-state index in [0.717, 1.165) is 33.2 Å². The number of H-pyrrole nitrogens is 1. The molecule has 2 heterocycles. The predicted molar refractivity (Wildman–Crippen MR) is 208 cm³/mol. The van der Waals surface area contributed by atoms with Crippen molar-refractivity contribution in [3.63, 3.8) is 0 Å². The largest absolute Gasteiger partial charge is 0.368 e. The molecule has 1 fully saturated rings. The summed E-state index contributed by atoms with van der Waals surface area (Å²) in [5, 5.41) is 12.4. The quantitative estimate of drug-likeness (QED) is 0.0812. The summed E-state index contributed by atoms with van der Waals surface area (Å²) in [5.74, 6) is -3.29. The maximum atomic E-state index is 14.9. The number of hydrogen-bond acceptors (Lipinski definition) is 6. The molecule has 0 aliphatic carbocycles. The topological polar surface area (TPSA) is 205 Å². The summed E-state index contributed by atoms with van der Waals surface area (Å²) in [4.78, 5) is 73.6. The summed E-state index contributed by atoms with van der Waals surface area (Å²) in [7, 11) is 1.70. The van der Waals surface area contributed by atoms with Gasteiger partial charge in [0.1, 0.15) is 11.6 Å². The van der Waals surface area contributed by atoms with E-state index >= 15 is 0 Å². The molecule has 3 aromatic carbocycles. The zero-order chi connectivity index (χ0) is 38.7. The summed E-state index contributed by atoms with van der Waals surface area (Å²) in [5.41, 5.74) is 14.5. The number of aryl methyl sites for hydroxylation is 1. The highest BCUT2D eigenvalue weighted by atomic mass is 16.2. The zero-order valence-corrected chi connectivity index (χ0v) is 31.0. The summed E-state index contributed by atoms with van der Waals surface area (Å²) in [6.07, 6.45) is 4.08. The predicted octanol–water partition coefficient (Wildman–Crippen LogP) is 2.95. The average molecular weight is 737 g/mol. The van der Waals surface area contributed by atoms with Gasteiger partial charge in [-0.25, -0.2) is 4.79 Å². The van der Waals surface area contributed by atoms with Crippen molar-refractivity contribution in [3.8, 4) is 0 Å². The van der Waals surface area contributed by atoms with Crippen LogP contribution in [0.3, 0.4) is 0 Å². The Balaban J connectivity index is 1.51. The molecule has 54 heavy (non-hydrogen) atoms. The van der Waals surface area contributed by atoms with Gasteiger partial charge in [0.2, 0.25) is 23.6 Å². The van der Waals surface area contributed by atoms with Gasteiger partial charge in [0, 0.05) is 36.7 Å². The van der Waals surface area contributed by atoms with Crippen molar-refractivity contribution in [2.45, 2.75) is 76.0 Å². The number of hydrogen-bond donors (Lipinski definition) is 7. The number of aromatic amines is 1. The molecule has 13 heteroatoms. The molecular weight excluding hydrogens is 685 g/mol. The fraction of sp³-hybridized carbons (Fsp3) is 0.390. The van der Waals surface area contributed by atoms with Gasteiger partial charge in [0.15, 0.2) is 0 Å². The van der Waals surface area contributed by atoms with Gasteiger partial charge in [-0.15, -0.1) is 0 Å². The number of carbonyl (C=O) groups excluding carboxylic acids is 5. The number of piperidine rings is 1. The van der Waals surface area contributed by atoms with Crippen molar-refractivity contribution in [2.75, 3.05) is 20.1 Å². The van der Waals surface area contributed by atoms with Gasteiger partial charge >= 0.3 is 6.03 Å². The molecule has 4 aromatic rings. The number of likely N-dealkylation sites (tertiary alicyclic amines) is 1. The molecule has 13 nitrogen and oxygen atoms in total. The molecule has 286 valence electrons. The zero-order valence-electron chi connectivity index (χ0n) is 31.0. The molecule has 0 bridgehead atoms. The van der Waals surface area contributed by atoms with E-state index in [1.54, 1.807) is 7.05 Å². The maximum Gasteiger partial charge on any atom is 0.312 e. The fourth-order valence-electron chi connectivity index (χ4n) is 7.52. The van der Waals surface area contributed by atoms with Crippen molar-refractivity contribution in [1.29, 1.82) is 0 Å². The lowest BCUT2D eigenvalue weighted by atomic mass is 9.71. The Labute approximate surface area is 316 Å². The average Bonchev–Trinajstić information content (AvgIpc) is 3.59. The van der Waals surface area contributed by atoms with Crippen LogP contribution in [0.1, 0.15) is 54.4 Å². The van der Waals surface area contributed by atoms with E-state index in [0.29, 0.717) is 25.7 Å². The van der Waals surface area contributed by atoms with Crippen LogP contribution in [0.2, 0.25) is 0 Å². The van der Waals surface area contributed by atoms with Crippen LogP contribution in [0.25, 0.3) is 10.9 Å².